The summed E-state index contributed by atoms with van der Waals surface area (Å²) in [6.45, 7) is 2.20. The van der Waals surface area contributed by atoms with Gasteiger partial charge >= 0.3 is 12.1 Å². The fraction of sp³-hybridized carbons (Fsp3) is 0.267. The van der Waals surface area contributed by atoms with Crippen LogP contribution < -0.4 is 9.79 Å². The van der Waals surface area contributed by atoms with Crippen LogP contribution in [-0.4, -0.2) is 47.9 Å². The molecule has 148 valence electrons. The number of alkyl halides is 3. The van der Waals surface area contributed by atoms with Gasteiger partial charge in [0.25, 0.3) is 0 Å². The number of hydrogen-bond acceptors (Lipinski definition) is 7. The number of nitrogens with zero attached hydrogens (tertiary/aromatic N) is 6. The summed E-state index contributed by atoms with van der Waals surface area (Å²) >= 11 is 0. The molecule has 0 aromatic carbocycles. The lowest BCUT2D eigenvalue weighted by atomic mass is 10.2. The monoisotopic (exact) mass is 398 g/mol. The Morgan fingerprint density at radius 2 is 2.00 bits per heavy atom. The summed E-state index contributed by atoms with van der Waals surface area (Å²) < 4.78 is 35.0. The summed E-state index contributed by atoms with van der Waals surface area (Å²) in [7, 11) is 0. The molecule has 3 heterocycles. The van der Waals surface area contributed by atoms with Gasteiger partial charge in [0.15, 0.2) is 18.4 Å². The first-order valence-electron chi connectivity index (χ1n) is 7.62. The number of aryl methyl sites for hydroxylation is 2. The number of halogens is 3. The van der Waals surface area contributed by atoms with Crippen molar-refractivity contribution in [2.24, 2.45) is 0 Å². The van der Waals surface area contributed by atoms with Gasteiger partial charge < -0.3 is 15.0 Å². The summed E-state index contributed by atoms with van der Waals surface area (Å²) in [5, 5.41) is 29.8. The minimum absolute atomic E-state index is 0.0359. The maximum absolute atomic E-state index is 10.5. The normalized spacial score (nSPS) is 11.0. The summed E-state index contributed by atoms with van der Waals surface area (Å²) in [6.07, 6.45) is 1.71. The third-order valence-corrected chi connectivity index (χ3v) is 3.33. The third-order valence-electron chi connectivity index (χ3n) is 3.33. The predicted molar refractivity (Wildman–Crippen MR) is 82.3 cm³/mol. The van der Waals surface area contributed by atoms with Gasteiger partial charge in [-0.2, -0.15) is 13.2 Å². The zero-order valence-electron chi connectivity index (χ0n) is 14.3. The Kier molecular flexibility index (Phi) is 6.18. The van der Waals surface area contributed by atoms with Gasteiger partial charge in [-0.3, -0.25) is 14.2 Å². The van der Waals surface area contributed by atoms with Crippen molar-refractivity contribution >= 4 is 17.6 Å². The van der Waals surface area contributed by atoms with Crippen LogP contribution in [0.5, 0.6) is 0 Å². The van der Waals surface area contributed by atoms with E-state index in [1.807, 2.05) is 17.4 Å². The number of carbonyl (C=O) groups excluding carboxylic acids is 1. The van der Waals surface area contributed by atoms with Crippen LogP contribution in [0.15, 0.2) is 30.9 Å². The maximum atomic E-state index is 10.5. The third kappa shape index (κ3) is 5.18. The number of aliphatic carboxylic acids is 2. The van der Waals surface area contributed by atoms with E-state index in [-0.39, 0.29) is 6.42 Å². The quantitative estimate of drug-likeness (QED) is 0.584. The molecule has 0 saturated carbocycles. The van der Waals surface area contributed by atoms with Crippen LogP contribution >= 0.6 is 0 Å². The standard InChI is InChI=1S/C13H12N6O2.C2HF3O2/c1-9-16-17-13-12(14-4-7-19(9)13)10-2-5-18(15-8-10)6-3-11(20)21;3-2(4,5)1(6)7/h2,4-5,7-8H,3,6H2,1H3;(H,6,7). The minimum Gasteiger partial charge on any atom is -0.542 e. The van der Waals surface area contributed by atoms with Gasteiger partial charge in [0, 0.05) is 24.0 Å². The van der Waals surface area contributed by atoms with E-state index < -0.39 is 18.1 Å². The van der Waals surface area contributed by atoms with Crippen molar-refractivity contribution in [1.82, 2.24) is 24.7 Å². The van der Waals surface area contributed by atoms with Gasteiger partial charge in [-0.05, 0) is 12.0 Å². The molecule has 3 aromatic rings. The molecular formula is C15H13F3N6O4. The lowest BCUT2D eigenvalue weighted by Crippen LogP contribution is -2.38. The average molecular weight is 398 g/mol. The molecule has 0 atom stereocenters. The van der Waals surface area contributed by atoms with Crippen LogP contribution in [-0.2, 0) is 16.1 Å². The Bertz CT molecular complexity index is 988. The van der Waals surface area contributed by atoms with Gasteiger partial charge in [0.05, 0.1) is 0 Å². The molecule has 0 fully saturated rings. The molecule has 0 bridgehead atoms. The summed E-state index contributed by atoms with van der Waals surface area (Å²) in [5.74, 6) is -3.07. The van der Waals surface area contributed by atoms with Gasteiger partial charge in [-0.1, -0.05) is 4.68 Å². The molecule has 0 radical (unpaired) electrons. The second-order valence-corrected chi connectivity index (χ2v) is 5.32. The molecule has 3 aromatic heterocycles. The number of carboxylic acids is 2. The lowest BCUT2D eigenvalue weighted by Gasteiger charge is -2.03. The van der Waals surface area contributed by atoms with E-state index in [1.165, 1.54) is 0 Å². The number of carboxylic acid groups (broad SMARTS) is 2. The Balaban J connectivity index is 0.000000345. The fourth-order valence-electron chi connectivity index (χ4n) is 2.01. The number of aromatic nitrogens is 6. The molecule has 1 N–H and O–H groups in total. The number of rotatable bonds is 4. The molecular weight excluding hydrogens is 385 g/mol. The van der Waals surface area contributed by atoms with Crippen LogP contribution in [0.25, 0.3) is 16.9 Å². The minimum atomic E-state index is -5.19. The fourth-order valence-corrected chi connectivity index (χ4v) is 2.01. The van der Waals surface area contributed by atoms with E-state index in [2.05, 4.69) is 20.3 Å². The second-order valence-electron chi connectivity index (χ2n) is 5.32. The SMILES string of the molecule is Cc1nnc2c(-c3cc[n+](CCC(=O)O)nc3)nccn12.O=C([O-])C(F)(F)F. The molecule has 13 heteroatoms. The van der Waals surface area contributed by atoms with Crippen LogP contribution in [0.4, 0.5) is 13.2 Å². The molecule has 3 rings (SSSR count). The largest absolute Gasteiger partial charge is 0.542 e. The first kappa shape index (κ1) is 20.7. The van der Waals surface area contributed by atoms with E-state index in [9.17, 15) is 18.0 Å². The maximum Gasteiger partial charge on any atom is 0.430 e. The number of hydrogen-bond donors (Lipinski definition) is 1. The predicted octanol–water partition coefficient (Wildman–Crippen LogP) is -0.444. The molecule has 28 heavy (non-hydrogen) atoms. The van der Waals surface area contributed by atoms with Crippen molar-refractivity contribution in [3.63, 3.8) is 0 Å². The smallest absolute Gasteiger partial charge is 0.430 e. The van der Waals surface area contributed by atoms with Crippen LogP contribution in [0.2, 0.25) is 0 Å². The molecule has 0 aliphatic heterocycles. The molecule has 0 saturated heterocycles. The van der Waals surface area contributed by atoms with E-state index in [0.29, 0.717) is 17.9 Å². The highest BCUT2D eigenvalue weighted by Crippen LogP contribution is 2.19. The Hall–Kier alpha value is -3.64. The summed E-state index contributed by atoms with van der Waals surface area (Å²) in [5.41, 5.74) is 2.16. The summed E-state index contributed by atoms with van der Waals surface area (Å²) in [4.78, 5) is 23.7. The van der Waals surface area contributed by atoms with Gasteiger partial charge in [-0.25, -0.2) is 0 Å². The van der Waals surface area contributed by atoms with Crippen molar-refractivity contribution in [1.29, 1.82) is 0 Å². The average Bonchev–Trinajstić information content (AvgIpc) is 3.01. The van der Waals surface area contributed by atoms with Gasteiger partial charge in [-0.15, -0.1) is 10.2 Å². The molecule has 0 amide bonds. The van der Waals surface area contributed by atoms with Gasteiger partial charge in [0.1, 0.15) is 30.1 Å². The number of carbonyl (C=O) groups is 2. The Morgan fingerprint density at radius 3 is 2.54 bits per heavy atom. The summed E-state index contributed by atoms with van der Waals surface area (Å²) in [6, 6.07) is 1.83. The zero-order chi connectivity index (χ0) is 20.9. The molecule has 0 spiro atoms. The van der Waals surface area contributed by atoms with Crippen molar-refractivity contribution in [3.8, 4) is 11.3 Å². The van der Waals surface area contributed by atoms with E-state index in [4.69, 9.17) is 15.0 Å². The first-order chi connectivity index (χ1) is 13.1. The van der Waals surface area contributed by atoms with Crippen LogP contribution in [0, 0.1) is 6.92 Å². The lowest BCUT2D eigenvalue weighted by molar-refractivity contribution is -0.752. The Morgan fingerprint density at radius 1 is 1.32 bits per heavy atom. The van der Waals surface area contributed by atoms with E-state index in [0.717, 1.165) is 11.4 Å². The van der Waals surface area contributed by atoms with Crippen molar-refractivity contribution in [3.05, 3.63) is 36.7 Å². The molecule has 0 unspecified atom stereocenters. The highest BCUT2D eigenvalue weighted by atomic mass is 19.4. The topological polar surface area (TPSA) is 137 Å². The first-order valence-corrected chi connectivity index (χ1v) is 7.62. The Labute approximate surface area is 154 Å². The van der Waals surface area contributed by atoms with Crippen LogP contribution in [0.3, 0.4) is 0 Å². The van der Waals surface area contributed by atoms with Crippen molar-refractivity contribution in [2.75, 3.05) is 0 Å². The molecule has 10 nitrogen and oxygen atoms in total. The number of fused-ring (bicyclic) bond motifs is 1. The van der Waals surface area contributed by atoms with Crippen molar-refractivity contribution in [2.45, 2.75) is 26.1 Å². The van der Waals surface area contributed by atoms with E-state index >= 15 is 0 Å². The van der Waals surface area contributed by atoms with E-state index in [1.54, 1.807) is 29.5 Å². The molecule has 0 aliphatic rings. The highest BCUT2D eigenvalue weighted by molar-refractivity contribution is 5.72. The zero-order valence-corrected chi connectivity index (χ0v) is 14.3. The second kappa shape index (κ2) is 8.37. The highest BCUT2D eigenvalue weighted by Gasteiger charge is 2.28. The van der Waals surface area contributed by atoms with Crippen LogP contribution in [0.1, 0.15) is 12.2 Å². The van der Waals surface area contributed by atoms with Gasteiger partial charge in [0.2, 0.25) is 0 Å². The van der Waals surface area contributed by atoms with Crippen molar-refractivity contribution < 1.29 is 37.7 Å². The molecule has 0 aliphatic carbocycles.